The maximum absolute atomic E-state index is 11.8. The van der Waals surface area contributed by atoms with Crippen LogP contribution in [0.1, 0.15) is 0 Å². The molecule has 0 saturated heterocycles. The van der Waals surface area contributed by atoms with Gasteiger partial charge in [-0.3, -0.25) is 4.79 Å². The third-order valence-corrected chi connectivity index (χ3v) is 2.84. The van der Waals surface area contributed by atoms with Gasteiger partial charge in [-0.15, -0.1) is 0 Å². The number of halogens is 1. The van der Waals surface area contributed by atoms with E-state index in [2.05, 4.69) is 0 Å². The van der Waals surface area contributed by atoms with Gasteiger partial charge in [-0.2, -0.15) is 0 Å². The molecule has 0 atom stereocenters. The van der Waals surface area contributed by atoms with Crippen molar-refractivity contribution in [2.24, 2.45) is 0 Å². The summed E-state index contributed by atoms with van der Waals surface area (Å²) in [5.41, 5.74) is 1.09. The minimum Gasteiger partial charge on any atom is -0.456 e. The summed E-state index contributed by atoms with van der Waals surface area (Å²) in [6.07, 6.45) is 0. The summed E-state index contributed by atoms with van der Waals surface area (Å²) in [5.74, 6) is 0.563. The third kappa shape index (κ3) is 1.31. The Kier molecular flexibility index (Phi) is 1.98. The van der Waals surface area contributed by atoms with Crippen LogP contribution < -0.4 is 5.43 Å². The smallest absolute Gasteiger partial charge is 0.208 e. The zero-order valence-electron chi connectivity index (χ0n) is 8.24. The molecule has 0 unspecified atom stereocenters. The van der Waals surface area contributed by atoms with Gasteiger partial charge in [0.05, 0.1) is 10.6 Å². The van der Waals surface area contributed by atoms with Crippen molar-refractivity contribution >= 4 is 22.6 Å². The van der Waals surface area contributed by atoms with Crippen molar-refractivity contribution in [1.29, 1.82) is 0 Å². The predicted molar refractivity (Wildman–Crippen MR) is 64.1 cm³/mol. The molecule has 3 rings (SSSR count). The predicted octanol–water partition coefficient (Wildman–Crippen LogP) is 3.55. The van der Waals surface area contributed by atoms with E-state index in [0.717, 1.165) is 11.0 Å². The molecule has 0 radical (unpaired) electrons. The molecule has 0 spiro atoms. The van der Waals surface area contributed by atoms with Gasteiger partial charge in [0.25, 0.3) is 0 Å². The second-order valence-electron chi connectivity index (χ2n) is 3.57. The number of para-hydroxylation sites is 1. The molecule has 0 aromatic heterocycles. The van der Waals surface area contributed by atoms with E-state index in [9.17, 15) is 4.79 Å². The van der Waals surface area contributed by atoms with Crippen LogP contribution >= 0.6 is 11.6 Å². The second-order valence-corrected chi connectivity index (χ2v) is 3.98. The Bertz CT molecular complexity index is 700. The molecular formula is C13H7ClO2. The molecule has 0 saturated carbocycles. The first-order chi connectivity index (χ1) is 7.75. The molecule has 2 nitrogen and oxygen atoms in total. The highest BCUT2D eigenvalue weighted by Gasteiger charge is 2.12. The van der Waals surface area contributed by atoms with Crippen LogP contribution in [0.5, 0.6) is 0 Å². The Hall–Kier alpha value is -1.80. The number of hydrogen-bond donors (Lipinski definition) is 0. The summed E-state index contributed by atoms with van der Waals surface area (Å²) in [7, 11) is 0. The molecule has 0 fully saturated rings. The Morgan fingerprint density at radius 2 is 1.88 bits per heavy atom. The summed E-state index contributed by atoms with van der Waals surface area (Å²) in [5, 5.41) is 1.12. The Morgan fingerprint density at radius 3 is 2.75 bits per heavy atom. The van der Waals surface area contributed by atoms with Crippen molar-refractivity contribution in [3.63, 3.8) is 0 Å². The van der Waals surface area contributed by atoms with Gasteiger partial charge in [-0.1, -0.05) is 29.8 Å². The zero-order chi connectivity index (χ0) is 11.1. The van der Waals surface area contributed by atoms with Crippen molar-refractivity contribution in [3.05, 3.63) is 57.7 Å². The SMILES string of the molecule is O=c1c(Cl)ccc2oc3ccccc3cc1-2. The van der Waals surface area contributed by atoms with Gasteiger partial charge >= 0.3 is 0 Å². The second kappa shape index (κ2) is 3.35. The van der Waals surface area contributed by atoms with E-state index in [-0.39, 0.29) is 10.5 Å². The minimum absolute atomic E-state index is 0.186. The third-order valence-electron chi connectivity index (χ3n) is 2.55. The Labute approximate surface area is 96.4 Å². The maximum atomic E-state index is 11.8. The average molecular weight is 231 g/mol. The van der Waals surface area contributed by atoms with Crippen molar-refractivity contribution in [2.45, 2.75) is 0 Å². The van der Waals surface area contributed by atoms with Crippen LogP contribution in [0.25, 0.3) is 22.3 Å². The van der Waals surface area contributed by atoms with Crippen LogP contribution in [-0.4, -0.2) is 0 Å². The van der Waals surface area contributed by atoms with Crippen LogP contribution in [0.3, 0.4) is 0 Å². The van der Waals surface area contributed by atoms with Crippen molar-refractivity contribution in [3.8, 4) is 11.3 Å². The molecule has 1 heterocycles. The number of benzene rings is 2. The van der Waals surface area contributed by atoms with Crippen LogP contribution in [0.4, 0.5) is 0 Å². The quantitative estimate of drug-likeness (QED) is 0.553. The lowest BCUT2D eigenvalue weighted by Gasteiger charge is -2.05. The minimum atomic E-state index is -0.186. The fourth-order valence-electron chi connectivity index (χ4n) is 1.75. The number of hydrogen-bond acceptors (Lipinski definition) is 2. The van der Waals surface area contributed by atoms with E-state index in [0.29, 0.717) is 11.3 Å². The molecule has 0 amide bonds. The monoisotopic (exact) mass is 230 g/mol. The Morgan fingerprint density at radius 1 is 1.06 bits per heavy atom. The van der Waals surface area contributed by atoms with Gasteiger partial charge in [0.15, 0.2) is 0 Å². The van der Waals surface area contributed by atoms with E-state index < -0.39 is 0 Å². The van der Waals surface area contributed by atoms with Crippen LogP contribution in [-0.2, 0) is 0 Å². The average Bonchev–Trinajstić information content (AvgIpc) is 2.32. The van der Waals surface area contributed by atoms with E-state index in [1.807, 2.05) is 30.3 Å². The fraction of sp³-hybridized carbons (Fsp3) is 0. The van der Waals surface area contributed by atoms with Crippen molar-refractivity contribution < 1.29 is 4.42 Å². The standard InChI is InChI=1S/C13H7ClO2/c14-10-5-6-12-9(13(10)15)7-8-3-1-2-4-11(8)16-12/h1-7H. The molecule has 2 aliphatic rings. The lowest BCUT2D eigenvalue weighted by molar-refractivity contribution is 0.618. The number of fused-ring (bicyclic) bond motifs is 2. The van der Waals surface area contributed by atoms with Crippen LogP contribution in [0, 0.1) is 0 Å². The van der Waals surface area contributed by atoms with E-state index in [1.54, 1.807) is 12.1 Å². The maximum Gasteiger partial charge on any atom is 0.208 e. The molecule has 1 aliphatic heterocycles. The van der Waals surface area contributed by atoms with Crippen LogP contribution in [0.15, 0.2) is 51.7 Å². The summed E-state index contributed by atoms with van der Waals surface area (Å²) in [4.78, 5) is 11.8. The summed E-state index contributed by atoms with van der Waals surface area (Å²) < 4.78 is 5.62. The molecular weight excluding hydrogens is 224 g/mol. The largest absolute Gasteiger partial charge is 0.456 e. The van der Waals surface area contributed by atoms with E-state index in [1.165, 1.54) is 0 Å². The summed E-state index contributed by atoms with van der Waals surface area (Å²) in [6, 6.07) is 12.6. The molecule has 0 N–H and O–H groups in total. The van der Waals surface area contributed by atoms with Gasteiger partial charge in [-0.05, 0) is 24.3 Å². The number of rotatable bonds is 0. The van der Waals surface area contributed by atoms with E-state index >= 15 is 0 Å². The first-order valence-corrected chi connectivity index (χ1v) is 5.24. The molecule has 0 bridgehead atoms. The van der Waals surface area contributed by atoms with Crippen molar-refractivity contribution in [2.75, 3.05) is 0 Å². The Balaban J connectivity index is 2.53. The highest BCUT2D eigenvalue weighted by molar-refractivity contribution is 6.30. The lowest BCUT2D eigenvalue weighted by Crippen LogP contribution is -2.05. The molecule has 16 heavy (non-hydrogen) atoms. The molecule has 3 heteroatoms. The first kappa shape index (κ1) is 9.43. The molecule has 1 aliphatic carbocycles. The molecule has 78 valence electrons. The highest BCUT2D eigenvalue weighted by atomic mass is 35.5. The topological polar surface area (TPSA) is 30.2 Å². The normalized spacial score (nSPS) is 11.1. The summed E-state index contributed by atoms with van der Waals surface area (Å²) >= 11 is 5.78. The summed E-state index contributed by atoms with van der Waals surface area (Å²) in [6.45, 7) is 0. The highest BCUT2D eigenvalue weighted by Crippen LogP contribution is 2.26. The fourth-order valence-corrected chi connectivity index (χ4v) is 1.91. The zero-order valence-corrected chi connectivity index (χ0v) is 8.99. The molecule has 1 aromatic carbocycles. The van der Waals surface area contributed by atoms with Gasteiger partial charge in [0.1, 0.15) is 11.3 Å². The van der Waals surface area contributed by atoms with E-state index in [4.69, 9.17) is 16.0 Å². The van der Waals surface area contributed by atoms with Gasteiger partial charge in [0, 0.05) is 5.39 Å². The van der Waals surface area contributed by atoms with Crippen LogP contribution in [0.2, 0.25) is 5.02 Å². The van der Waals surface area contributed by atoms with Crippen molar-refractivity contribution in [1.82, 2.24) is 0 Å². The van der Waals surface area contributed by atoms with Gasteiger partial charge < -0.3 is 4.42 Å². The van der Waals surface area contributed by atoms with Gasteiger partial charge in [-0.25, -0.2) is 0 Å². The van der Waals surface area contributed by atoms with Gasteiger partial charge in [0.2, 0.25) is 5.43 Å². The lowest BCUT2D eigenvalue weighted by atomic mass is 10.1. The first-order valence-electron chi connectivity index (χ1n) is 4.87. The molecule has 1 aromatic rings.